The zero-order valence-corrected chi connectivity index (χ0v) is 53.3. The van der Waals surface area contributed by atoms with E-state index in [1.54, 1.807) is 0 Å². The van der Waals surface area contributed by atoms with Gasteiger partial charge in [0, 0.05) is 69.0 Å². The summed E-state index contributed by atoms with van der Waals surface area (Å²) in [5, 5.41) is 0.482. The Kier molecular flexibility index (Phi) is 62.3. The van der Waals surface area contributed by atoms with E-state index in [0.717, 1.165) is 82.7 Å². The standard InChI is InChI=1S/C30H72O3Si6.2C7H16O.C6H14O.6CH4/c1-25(23-31-37(10,11)12)28(35(4,5)6)20-18-19-21-30(39(16,17)33-34-3)22-27(30)29(36(7,8)9)26(2)24-32-38(13,14)15;2*1-3-5-7-8-6-4-2;1-3-5-6-7-4-2;;;;;;/h25-29H,18-24,34H2,1-17H3;2*3-7H2,1-2H3;3-6H2,1-2H3;6*1H4. The molecule has 0 aliphatic heterocycles. The summed E-state index contributed by atoms with van der Waals surface area (Å²) in [6.45, 7) is 62.4. The van der Waals surface area contributed by atoms with Gasteiger partial charge in [0.2, 0.25) is 0 Å². The first-order valence-electron chi connectivity index (χ1n) is 26.3. The van der Waals surface area contributed by atoms with Gasteiger partial charge >= 0.3 is 0 Å². The zero-order valence-electron chi connectivity index (χ0n) is 46.9. The molecule has 12 heteroatoms. The van der Waals surface area contributed by atoms with E-state index >= 15 is 0 Å². The molecule has 0 heterocycles. The lowest BCUT2D eigenvalue weighted by Gasteiger charge is -2.41. The fraction of sp³-hybridized carbons (Fsp3) is 1.00. The van der Waals surface area contributed by atoms with Crippen LogP contribution in [0.5, 0.6) is 0 Å². The lowest BCUT2D eigenvalue weighted by Crippen LogP contribution is -2.44. The second-order valence-corrected chi connectivity index (χ2v) is 49.0. The quantitative estimate of drug-likeness (QED) is 0.0482. The number of unbranched alkanes of at least 4 members (excludes halogenated alkanes) is 4. The van der Waals surface area contributed by atoms with E-state index in [-0.39, 0.29) is 44.6 Å². The molecule has 1 aliphatic carbocycles. The van der Waals surface area contributed by atoms with Gasteiger partial charge in [-0.05, 0) is 138 Å². The van der Waals surface area contributed by atoms with Gasteiger partial charge in [0.1, 0.15) is 9.76 Å². The third-order valence-electron chi connectivity index (χ3n) is 12.5. The van der Waals surface area contributed by atoms with Crippen molar-refractivity contribution in [2.75, 3.05) is 52.9 Å². The molecule has 0 aromatic heterocycles. The molecular weight excluding hydrogens is 937 g/mol. The van der Waals surface area contributed by atoms with Crippen LogP contribution in [0.2, 0.25) is 114 Å². The monoisotopic (exact) mass is 1080 g/mol. The first-order valence-corrected chi connectivity index (χ1v) is 45.1. The van der Waals surface area contributed by atoms with Crippen LogP contribution in [0.15, 0.2) is 0 Å². The molecule has 0 amide bonds. The SMILES string of the molecule is C.C.C.C.C.C.CCCCOCC.CCCCOCCC.CCCCOCCC.C[SiH2]O[Si](C)(C)C1(CCCCC(C(C)CO[Si](C)(C)C)[Si](C)(C)C)CC1C(C(C)CO[Si](C)(C)C)[Si](C)(C)C. The molecule has 0 aromatic carbocycles. The minimum Gasteiger partial charge on any atom is -0.460 e. The van der Waals surface area contributed by atoms with Crippen molar-refractivity contribution in [3.63, 3.8) is 0 Å². The minimum absolute atomic E-state index is 0. The summed E-state index contributed by atoms with van der Waals surface area (Å²) >= 11 is 0. The maximum atomic E-state index is 6.84. The number of rotatable bonds is 33. The van der Waals surface area contributed by atoms with Gasteiger partial charge in [0.05, 0.1) is 0 Å². The van der Waals surface area contributed by atoms with Crippen molar-refractivity contribution in [1.29, 1.82) is 0 Å². The second kappa shape index (κ2) is 47.8. The van der Waals surface area contributed by atoms with E-state index in [4.69, 9.17) is 27.2 Å². The third-order valence-corrected chi connectivity index (χ3v) is 27.8. The van der Waals surface area contributed by atoms with Crippen molar-refractivity contribution in [2.24, 2.45) is 17.8 Å². The van der Waals surface area contributed by atoms with Crippen LogP contribution in [0.3, 0.4) is 0 Å². The average Bonchev–Trinajstić information content (AvgIpc) is 3.87. The van der Waals surface area contributed by atoms with E-state index in [1.807, 2.05) is 6.92 Å². The first-order chi connectivity index (χ1) is 28.6. The van der Waals surface area contributed by atoms with E-state index in [0.29, 0.717) is 16.9 Å². The van der Waals surface area contributed by atoms with Gasteiger partial charge in [0.25, 0.3) is 0 Å². The molecule has 0 bridgehead atoms. The highest BCUT2D eigenvalue weighted by Crippen LogP contribution is 2.75. The summed E-state index contributed by atoms with van der Waals surface area (Å²) in [6, 6.07) is 0. The Balaban J connectivity index is -0.000000141. The molecule has 0 radical (unpaired) electrons. The van der Waals surface area contributed by atoms with E-state index in [1.165, 1.54) is 70.6 Å². The topological polar surface area (TPSA) is 55.4 Å². The third kappa shape index (κ3) is 44.5. The van der Waals surface area contributed by atoms with Gasteiger partial charge in [-0.1, -0.05) is 177 Å². The van der Waals surface area contributed by atoms with E-state index in [2.05, 4.69) is 147 Å². The molecule has 1 saturated carbocycles. The molecule has 0 spiro atoms. The van der Waals surface area contributed by atoms with Crippen LogP contribution in [-0.2, 0) is 27.2 Å². The Hall–Kier alpha value is 1.06. The predicted molar refractivity (Wildman–Crippen MR) is 337 cm³/mol. The van der Waals surface area contributed by atoms with Gasteiger partial charge in [-0.25, -0.2) is 0 Å². The van der Waals surface area contributed by atoms with Gasteiger partial charge in [0.15, 0.2) is 25.0 Å². The molecule has 1 fully saturated rings. The Morgan fingerprint density at radius 3 is 1.22 bits per heavy atom. The van der Waals surface area contributed by atoms with Crippen LogP contribution in [0.4, 0.5) is 0 Å². The molecule has 6 nitrogen and oxygen atoms in total. The highest BCUT2D eigenvalue weighted by Gasteiger charge is 2.67. The van der Waals surface area contributed by atoms with Crippen LogP contribution in [0, 0.1) is 17.8 Å². The Morgan fingerprint density at radius 1 is 0.500 bits per heavy atom. The summed E-state index contributed by atoms with van der Waals surface area (Å²) in [5.41, 5.74) is 1.68. The number of ether oxygens (including phenoxy) is 3. The van der Waals surface area contributed by atoms with Crippen LogP contribution in [0.25, 0.3) is 0 Å². The normalized spacial score (nSPS) is 17.4. The molecule has 0 aromatic rings. The molecule has 68 heavy (non-hydrogen) atoms. The smallest absolute Gasteiger partial charge is 0.183 e. The lowest BCUT2D eigenvalue weighted by atomic mass is 9.99. The van der Waals surface area contributed by atoms with Crippen molar-refractivity contribution in [3.05, 3.63) is 0 Å². The number of hydrogen-bond acceptors (Lipinski definition) is 6. The average molecular weight is 1080 g/mol. The number of hydrogen-bond donors (Lipinski definition) is 0. The zero-order chi connectivity index (χ0) is 48.7. The van der Waals surface area contributed by atoms with Crippen molar-refractivity contribution in [1.82, 2.24) is 0 Å². The van der Waals surface area contributed by atoms with Crippen molar-refractivity contribution < 1.29 is 27.2 Å². The van der Waals surface area contributed by atoms with Crippen LogP contribution < -0.4 is 0 Å². The van der Waals surface area contributed by atoms with E-state index < -0.39 is 50.9 Å². The molecule has 1 aliphatic rings. The van der Waals surface area contributed by atoms with Gasteiger partial charge in [-0.2, -0.15) is 0 Å². The molecule has 1 rings (SSSR count). The maximum Gasteiger partial charge on any atom is 0.183 e. The Labute approximate surface area is 444 Å². The van der Waals surface area contributed by atoms with E-state index in [9.17, 15) is 0 Å². The first kappa shape index (κ1) is 88.7. The maximum absolute atomic E-state index is 6.84. The lowest BCUT2D eigenvalue weighted by molar-refractivity contribution is 0.132. The van der Waals surface area contributed by atoms with Crippen molar-refractivity contribution in [3.8, 4) is 0 Å². The van der Waals surface area contributed by atoms with Crippen molar-refractivity contribution in [2.45, 2.75) is 298 Å². The molecule has 0 saturated heterocycles. The summed E-state index contributed by atoms with van der Waals surface area (Å²) in [7, 11) is -7.73. The molecule has 426 valence electrons. The predicted octanol–water partition coefficient (Wildman–Crippen LogP) is 20.1. The summed E-state index contributed by atoms with van der Waals surface area (Å²) in [4.78, 5) is 0. The largest absolute Gasteiger partial charge is 0.460 e. The van der Waals surface area contributed by atoms with Gasteiger partial charge in [-0.15, -0.1) is 0 Å². The molecule has 6 unspecified atom stereocenters. The van der Waals surface area contributed by atoms with Crippen molar-refractivity contribution >= 4 is 50.9 Å². The van der Waals surface area contributed by atoms with Crippen LogP contribution in [-0.4, -0.2) is 104 Å². The fourth-order valence-corrected chi connectivity index (χ4v) is 23.8. The molecular formula is C56H142O6Si6. The Morgan fingerprint density at radius 2 is 0.897 bits per heavy atom. The molecule has 0 N–H and O–H groups in total. The van der Waals surface area contributed by atoms with Crippen LogP contribution >= 0.6 is 0 Å². The second-order valence-electron chi connectivity index (χ2n) is 23.3. The summed E-state index contributed by atoms with van der Waals surface area (Å²) in [6.07, 6.45) is 16.6. The minimum atomic E-state index is -1.75. The van der Waals surface area contributed by atoms with Gasteiger partial charge < -0.3 is 27.2 Å². The highest BCUT2D eigenvalue weighted by atomic mass is 28.4. The highest BCUT2D eigenvalue weighted by molar-refractivity contribution is 6.80. The fourth-order valence-electron chi connectivity index (χ4n) is 9.18. The van der Waals surface area contributed by atoms with Crippen LogP contribution in [0.1, 0.15) is 183 Å². The Bertz CT molecular complexity index is 984. The summed E-state index contributed by atoms with van der Waals surface area (Å²) in [5.74, 6) is 2.18. The summed E-state index contributed by atoms with van der Waals surface area (Å²) < 4.78 is 35.3. The molecule has 6 atom stereocenters. The van der Waals surface area contributed by atoms with Gasteiger partial charge in [-0.3, -0.25) is 0 Å².